The summed E-state index contributed by atoms with van der Waals surface area (Å²) in [6.45, 7) is 11.0. The second-order valence-corrected chi connectivity index (χ2v) is 4.15. The van der Waals surface area contributed by atoms with Crippen LogP contribution < -0.4 is 5.32 Å². The molecule has 0 aliphatic carbocycles. The summed E-state index contributed by atoms with van der Waals surface area (Å²) in [5, 5.41) is 3.00. The molecule has 1 amide bonds. The predicted octanol–water partition coefficient (Wildman–Crippen LogP) is 2.02. The van der Waals surface area contributed by atoms with Crippen LogP contribution in [0.4, 0.5) is 0 Å². The maximum absolute atomic E-state index is 11.6. The largest absolute Gasteiger partial charge is 0.353 e. The molecule has 15 heavy (non-hydrogen) atoms. The number of hydrogen-bond donors (Lipinski definition) is 1. The van der Waals surface area contributed by atoms with E-state index >= 15 is 0 Å². The van der Waals surface area contributed by atoms with E-state index in [2.05, 4.69) is 31.0 Å². The molecule has 0 aliphatic rings. The summed E-state index contributed by atoms with van der Waals surface area (Å²) in [5.74, 6) is 0.159. The molecule has 90 valence electrons. The Balaban J connectivity index is 3.87. The summed E-state index contributed by atoms with van der Waals surface area (Å²) in [6, 6.07) is 0.294. The first-order valence-corrected chi connectivity index (χ1v) is 6.15. The van der Waals surface area contributed by atoms with Crippen molar-refractivity contribution in [3.8, 4) is 0 Å². The molecule has 0 aromatic rings. The normalized spacial score (nSPS) is 12.9. The van der Waals surface area contributed by atoms with Crippen LogP contribution in [0, 0.1) is 0 Å². The van der Waals surface area contributed by atoms with Crippen LogP contribution in [0.15, 0.2) is 0 Å². The molecule has 0 aromatic heterocycles. The van der Waals surface area contributed by atoms with Crippen LogP contribution in [0.3, 0.4) is 0 Å². The topological polar surface area (TPSA) is 32.3 Å². The Morgan fingerprint density at radius 3 is 2.13 bits per heavy atom. The smallest absolute Gasteiger partial charge is 0.234 e. The zero-order valence-electron chi connectivity index (χ0n) is 10.7. The van der Waals surface area contributed by atoms with Crippen molar-refractivity contribution in [2.45, 2.75) is 53.0 Å². The highest BCUT2D eigenvalue weighted by Gasteiger charge is 2.10. The molecule has 1 unspecified atom stereocenters. The molecule has 0 saturated heterocycles. The predicted molar refractivity (Wildman–Crippen MR) is 64.9 cm³/mol. The van der Waals surface area contributed by atoms with Gasteiger partial charge in [-0.25, -0.2) is 0 Å². The average Bonchev–Trinajstić information content (AvgIpc) is 2.18. The SMILES string of the molecule is CCCN(CCC)CC(=O)NC(C)CC. The van der Waals surface area contributed by atoms with E-state index < -0.39 is 0 Å². The molecule has 1 N–H and O–H groups in total. The Kier molecular flexibility index (Phi) is 8.38. The zero-order chi connectivity index (χ0) is 11.7. The summed E-state index contributed by atoms with van der Waals surface area (Å²) in [6.07, 6.45) is 3.21. The van der Waals surface area contributed by atoms with Gasteiger partial charge < -0.3 is 5.32 Å². The Morgan fingerprint density at radius 2 is 1.73 bits per heavy atom. The van der Waals surface area contributed by atoms with E-state index in [1.54, 1.807) is 0 Å². The molecule has 0 rings (SSSR count). The van der Waals surface area contributed by atoms with Gasteiger partial charge in [0.15, 0.2) is 0 Å². The summed E-state index contributed by atoms with van der Waals surface area (Å²) in [4.78, 5) is 13.8. The molecule has 0 bridgehead atoms. The summed E-state index contributed by atoms with van der Waals surface area (Å²) >= 11 is 0. The lowest BCUT2D eigenvalue weighted by atomic mass is 10.2. The van der Waals surface area contributed by atoms with E-state index in [1.165, 1.54) is 0 Å². The van der Waals surface area contributed by atoms with Crippen molar-refractivity contribution in [1.82, 2.24) is 10.2 Å². The first kappa shape index (κ1) is 14.4. The van der Waals surface area contributed by atoms with Crippen molar-refractivity contribution < 1.29 is 4.79 Å². The van der Waals surface area contributed by atoms with E-state index in [0.29, 0.717) is 12.6 Å². The lowest BCUT2D eigenvalue weighted by molar-refractivity contribution is -0.122. The highest BCUT2D eigenvalue weighted by molar-refractivity contribution is 5.78. The standard InChI is InChI=1S/C12H26N2O/c1-5-8-14(9-6-2)10-12(15)13-11(4)7-3/h11H,5-10H2,1-4H3,(H,13,15). The number of nitrogens with one attached hydrogen (secondary N) is 1. The van der Waals surface area contributed by atoms with E-state index in [0.717, 1.165) is 32.4 Å². The Morgan fingerprint density at radius 1 is 1.20 bits per heavy atom. The van der Waals surface area contributed by atoms with Crippen molar-refractivity contribution in [3.05, 3.63) is 0 Å². The van der Waals surface area contributed by atoms with Gasteiger partial charge in [-0.05, 0) is 39.3 Å². The van der Waals surface area contributed by atoms with Gasteiger partial charge in [0, 0.05) is 6.04 Å². The number of hydrogen-bond acceptors (Lipinski definition) is 2. The van der Waals surface area contributed by atoms with E-state index in [4.69, 9.17) is 0 Å². The molecule has 3 nitrogen and oxygen atoms in total. The van der Waals surface area contributed by atoms with Crippen molar-refractivity contribution in [2.24, 2.45) is 0 Å². The van der Waals surface area contributed by atoms with Gasteiger partial charge in [0.25, 0.3) is 0 Å². The molecule has 0 spiro atoms. The molecule has 1 atom stereocenters. The minimum atomic E-state index is 0.159. The Bertz CT molecular complexity index is 165. The van der Waals surface area contributed by atoms with Crippen molar-refractivity contribution in [1.29, 1.82) is 0 Å². The van der Waals surface area contributed by atoms with Gasteiger partial charge >= 0.3 is 0 Å². The fraction of sp³-hybridized carbons (Fsp3) is 0.917. The molecule has 0 radical (unpaired) electrons. The van der Waals surface area contributed by atoms with Gasteiger partial charge in [-0.2, -0.15) is 0 Å². The number of amides is 1. The lowest BCUT2D eigenvalue weighted by Crippen LogP contribution is -2.41. The van der Waals surface area contributed by atoms with Crippen LogP contribution in [0.1, 0.15) is 47.0 Å². The third kappa shape index (κ3) is 7.37. The van der Waals surface area contributed by atoms with Crippen molar-refractivity contribution >= 4 is 5.91 Å². The minimum absolute atomic E-state index is 0.159. The van der Waals surface area contributed by atoms with Gasteiger partial charge in [0.2, 0.25) is 5.91 Å². The molecular formula is C12H26N2O. The van der Waals surface area contributed by atoms with Gasteiger partial charge in [-0.1, -0.05) is 20.8 Å². The van der Waals surface area contributed by atoms with Crippen LogP contribution >= 0.6 is 0 Å². The molecule has 0 aliphatic heterocycles. The second-order valence-electron chi connectivity index (χ2n) is 4.15. The van der Waals surface area contributed by atoms with E-state index in [9.17, 15) is 4.79 Å². The first-order valence-electron chi connectivity index (χ1n) is 6.15. The molecule has 3 heteroatoms. The first-order chi connectivity index (χ1) is 7.13. The van der Waals surface area contributed by atoms with Crippen LogP contribution in [0.2, 0.25) is 0 Å². The maximum atomic E-state index is 11.6. The third-order valence-electron chi connectivity index (χ3n) is 2.47. The average molecular weight is 214 g/mol. The van der Waals surface area contributed by atoms with Gasteiger partial charge in [-0.15, -0.1) is 0 Å². The fourth-order valence-electron chi connectivity index (χ4n) is 1.53. The number of carbonyl (C=O) groups is 1. The summed E-state index contributed by atoms with van der Waals surface area (Å²) in [7, 11) is 0. The van der Waals surface area contributed by atoms with Gasteiger partial charge in [-0.3, -0.25) is 9.69 Å². The molecule has 0 fully saturated rings. The molecule has 0 saturated carbocycles. The van der Waals surface area contributed by atoms with Crippen LogP contribution in [-0.2, 0) is 4.79 Å². The minimum Gasteiger partial charge on any atom is -0.353 e. The van der Waals surface area contributed by atoms with Gasteiger partial charge in [0.05, 0.1) is 6.54 Å². The van der Waals surface area contributed by atoms with Crippen LogP contribution in [0.5, 0.6) is 0 Å². The van der Waals surface area contributed by atoms with Gasteiger partial charge in [0.1, 0.15) is 0 Å². The second kappa shape index (κ2) is 8.72. The monoisotopic (exact) mass is 214 g/mol. The summed E-state index contributed by atoms with van der Waals surface area (Å²) < 4.78 is 0. The van der Waals surface area contributed by atoms with Crippen molar-refractivity contribution in [2.75, 3.05) is 19.6 Å². The molecule has 0 aromatic carbocycles. The molecule has 0 heterocycles. The highest BCUT2D eigenvalue weighted by Crippen LogP contribution is 1.95. The maximum Gasteiger partial charge on any atom is 0.234 e. The van der Waals surface area contributed by atoms with Crippen LogP contribution in [-0.4, -0.2) is 36.5 Å². The van der Waals surface area contributed by atoms with Crippen molar-refractivity contribution in [3.63, 3.8) is 0 Å². The van der Waals surface area contributed by atoms with E-state index in [1.807, 2.05) is 6.92 Å². The number of rotatable bonds is 8. The zero-order valence-corrected chi connectivity index (χ0v) is 10.7. The highest BCUT2D eigenvalue weighted by atomic mass is 16.2. The fourth-order valence-corrected chi connectivity index (χ4v) is 1.53. The number of carbonyl (C=O) groups excluding carboxylic acids is 1. The number of nitrogens with zero attached hydrogens (tertiary/aromatic N) is 1. The Labute approximate surface area is 94.2 Å². The van der Waals surface area contributed by atoms with E-state index in [-0.39, 0.29) is 5.91 Å². The van der Waals surface area contributed by atoms with Crippen LogP contribution in [0.25, 0.3) is 0 Å². The molecular weight excluding hydrogens is 188 g/mol. The third-order valence-corrected chi connectivity index (χ3v) is 2.47. The summed E-state index contributed by atoms with van der Waals surface area (Å²) in [5.41, 5.74) is 0. The Hall–Kier alpha value is -0.570. The lowest BCUT2D eigenvalue weighted by Gasteiger charge is -2.21. The quantitative estimate of drug-likeness (QED) is 0.670.